The minimum Gasteiger partial charge on any atom is -0.497 e. The summed E-state index contributed by atoms with van der Waals surface area (Å²) in [6.07, 6.45) is 3.13. The van der Waals surface area contributed by atoms with Crippen LogP contribution in [0.2, 0.25) is 0 Å². The Hall–Kier alpha value is -1.06. The van der Waals surface area contributed by atoms with Gasteiger partial charge in [-0.2, -0.15) is 0 Å². The first kappa shape index (κ1) is 12.0. The van der Waals surface area contributed by atoms with Crippen LogP contribution < -0.4 is 4.74 Å². The summed E-state index contributed by atoms with van der Waals surface area (Å²) in [6, 6.07) is 5.79. The van der Waals surface area contributed by atoms with Crippen LogP contribution in [-0.4, -0.2) is 23.4 Å². The predicted octanol–water partition coefficient (Wildman–Crippen LogP) is 2.38. The Balaban J connectivity index is 2.07. The summed E-state index contributed by atoms with van der Waals surface area (Å²) in [4.78, 5) is 0. The molecule has 1 aromatic rings. The van der Waals surface area contributed by atoms with E-state index in [9.17, 15) is 10.2 Å². The molecule has 1 saturated carbocycles. The zero-order valence-corrected chi connectivity index (χ0v) is 10.7. The maximum absolute atomic E-state index is 10.3. The normalized spacial score (nSPS) is 34.6. The van der Waals surface area contributed by atoms with Gasteiger partial charge in [-0.05, 0) is 47.9 Å². The minimum absolute atomic E-state index is 0.202. The molecular weight excluding hydrogens is 228 g/mol. The average molecular weight is 248 g/mol. The number of benzene rings is 1. The van der Waals surface area contributed by atoms with Crippen molar-refractivity contribution in [3.05, 3.63) is 29.3 Å². The van der Waals surface area contributed by atoms with Gasteiger partial charge in [-0.3, -0.25) is 0 Å². The van der Waals surface area contributed by atoms with Gasteiger partial charge in [0.15, 0.2) is 0 Å². The third-order valence-electron chi connectivity index (χ3n) is 4.59. The second-order valence-electron chi connectivity index (χ2n) is 5.49. The van der Waals surface area contributed by atoms with E-state index in [4.69, 9.17) is 4.74 Å². The van der Waals surface area contributed by atoms with Crippen molar-refractivity contribution in [2.45, 2.75) is 43.8 Å². The fourth-order valence-electron chi connectivity index (χ4n) is 3.64. The molecule has 0 bridgehead atoms. The van der Waals surface area contributed by atoms with Crippen LogP contribution in [0.3, 0.4) is 0 Å². The molecule has 1 aromatic carbocycles. The van der Waals surface area contributed by atoms with E-state index in [-0.39, 0.29) is 5.92 Å². The van der Waals surface area contributed by atoms with Gasteiger partial charge in [-0.1, -0.05) is 18.9 Å². The Morgan fingerprint density at radius 3 is 2.67 bits per heavy atom. The van der Waals surface area contributed by atoms with E-state index in [1.54, 1.807) is 7.11 Å². The molecule has 0 amide bonds. The molecule has 2 aliphatic carbocycles. The van der Waals surface area contributed by atoms with Gasteiger partial charge in [-0.15, -0.1) is 0 Å². The Morgan fingerprint density at radius 1 is 1.11 bits per heavy atom. The molecule has 0 unspecified atom stereocenters. The first-order chi connectivity index (χ1) is 8.72. The lowest BCUT2D eigenvalue weighted by molar-refractivity contribution is -0.0465. The van der Waals surface area contributed by atoms with Gasteiger partial charge < -0.3 is 14.9 Å². The highest BCUT2D eigenvalue weighted by Gasteiger charge is 2.42. The highest BCUT2D eigenvalue weighted by molar-refractivity contribution is 5.42. The number of hydrogen-bond acceptors (Lipinski definition) is 3. The summed E-state index contributed by atoms with van der Waals surface area (Å²) in [5.41, 5.74) is 2.06. The lowest BCUT2D eigenvalue weighted by Gasteiger charge is -2.42. The van der Waals surface area contributed by atoms with Crippen molar-refractivity contribution in [3.63, 3.8) is 0 Å². The summed E-state index contributed by atoms with van der Waals surface area (Å²) >= 11 is 0. The molecule has 2 aliphatic rings. The number of aliphatic hydroxyl groups excluding tert-OH is 2. The number of ether oxygens (including phenoxy) is 1. The van der Waals surface area contributed by atoms with Crippen molar-refractivity contribution in [1.82, 2.24) is 0 Å². The van der Waals surface area contributed by atoms with E-state index in [0.29, 0.717) is 5.92 Å². The lowest BCUT2D eigenvalue weighted by atomic mass is 9.66. The number of aliphatic hydroxyl groups is 2. The second kappa shape index (κ2) is 4.56. The van der Waals surface area contributed by atoms with E-state index in [0.717, 1.165) is 30.6 Å². The standard InChI is InChI=1S/C15H20O3/c1-18-9-6-7-12-13(8-9)10-4-2-3-5-11(10)14(16)15(12)17/h6-8,10-11,14-17H,2-5H2,1H3/t10-,11-,14+,15+/m1/s1. The van der Waals surface area contributed by atoms with Crippen molar-refractivity contribution >= 4 is 0 Å². The molecule has 1 fully saturated rings. The topological polar surface area (TPSA) is 49.7 Å². The molecule has 0 heterocycles. The molecule has 0 aromatic heterocycles. The molecule has 2 N–H and O–H groups in total. The van der Waals surface area contributed by atoms with Gasteiger partial charge in [-0.25, -0.2) is 0 Å². The summed E-state index contributed by atoms with van der Waals surface area (Å²) < 4.78 is 5.28. The molecule has 0 radical (unpaired) electrons. The van der Waals surface area contributed by atoms with Crippen LogP contribution in [0.25, 0.3) is 0 Å². The van der Waals surface area contributed by atoms with Gasteiger partial charge in [0.1, 0.15) is 11.9 Å². The Bertz CT molecular complexity index is 443. The number of hydrogen-bond donors (Lipinski definition) is 2. The zero-order chi connectivity index (χ0) is 12.7. The third kappa shape index (κ3) is 1.73. The van der Waals surface area contributed by atoms with Crippen LogP contribution in [0.5, 0.6) is 5.75 Å². The van der Waals surface area contributed by atoms with E-state index < -0.39 is 12.2 Å². The maximum atomic E-state index is 10.3. The highest BCUT2D eigenvalue weighted by Crippen LogP contribution is 2.49. The summed E-state index contributed by atoms with van der Waals surface area (Å²) in [7, 11) is 1.66. The van der Waals surface area contributed by atoms with Crippen LogP contribution in [0, 0.1) is 5.92 Å². The molecule has 0 saturated heterocycles. The zero-order valence-electron chi connectivity index (χ0n) is 10.7. The molecule has 0 spiro atoms. The molecule has 3 heteroatoms. The maximum Gasteiger partial charge on any atom is 0.119 e. The fourth-order valence-corrected chi connectivity index (χ4v) is 3.64. The first-order valence-electron chi connectivity index (χ1n) is 6.76. The van der Waals surface area contributed by atoms with Crippen LogP contribution in [0.15, 0.2) is 18.2 Å². The van der Waals surface area contributed by atoms with Crippen LogP contribution in [0.4, 0.5) is 0 Å². The molecule has 98 valence electrons. The van der Waals surface area contributed by atoms with E-state index in [2.05, 4.69) is 0 Å². The van der Waals surface area contributed by atoms with Crippen LogP contribution in [-0.2, 0) is 0 Å². The van der Waals surface area contributed by atoms with Crippen molar-refractivity contribution < 1.29 is 14.9 Å². The molecule has 4 atom stereocenters. The predicted molar refractivity (Wildman–Crippen MR) is 68.7 cm³/mol. The summed E-state index contributed by atoms with van der Waals surface area (Å²) in [5.74, 6) is 1.41. The minimum atomic E-state index is -0.745. The van der Waals surface area contributed by atoms with Crippen LogP contribution in [0.1, 0.15) is 48.8 Å². The molecule has 0 aliphatic heterocycles. The molecule has 18 heavy (non-hydrogen) atoms. The van der Waals surface area contributed by atoms with Crippen molar-refractivity contribution in [1.29, 1.82) is 0 Å². The molecular formula is C15H20O3. The van der Waals surface area contributed by atoms with Gasteiger partial charge in [0.05, 0.1) is 13.2 Å². The summed E-state index contributed by atoms with van der Waals surface area (Å²) in [5, 5.41) is 20.5. The first-order valence-corrected chi connectivity index (χ1v) is 6.76. The van der Waals surface area contributed by atoms with Crippen molar-refractivity contribution in [3.8, 4) is 5.75 Å². The van der Waals surface area contributed by atoms with Gasteiger partial charge in [0.2, 0.25) is 0 Å². The van der Waals surface area contributed by atoms with E-state index >= 15 is 0 Å². The second-order valence-corrected chi connectivity index (χ2v) is 5.49. The number of rotatable bonds is 1. The van der Waals surface area contributed by atoms with Gasteiger partial charge >= 0.3 is 0 Å². The largest absolute Gasteiger partial charge is 0.497 e. The van der Waals surface area contributed by atoms with E-state index in [1.165, 1.54) is 12.0 Å². The van der Waals surface area contributed by atoms with Gasteiger partial charge in [0.25, 0.3) is 0 Å². The third-order valence-corrected chi connectivity index (χ3v) is 4.59. The SMILES string of the molecule is COc1ccc2c(c1)[C@@H]1CCCC[C@H]1[C@H](O)[C@H]2O. The highest BCUT2D eigenvalue weighted by atomic mass is 16.5. The Kier molecular flexibility index (Phi) is 3.04. The Labute approximate surface area is 107 Å². The van der Waals surface area contributed by atoms with Crippen molar-refractivity contribution in [2.24, 2.45) is 5.92 Å². The molecule has 3 rings (SSSR count). The quantitative estimate of drug-likeness (QED) is 0.802. The molecule has 3 nitrogen and oxygen atoms in total. The number of fused-ring (bicyclic) bond motifs is 3. The lowest BCUT2D eigenvalue weighted by Crippen LogP contribution is -2.39. The Morgan fingerprint density at radius 2 is 1.89 bits per heavy atom. The summed E-state index contributed by atoms with van der Waals surface area (Å²) in [6.45, 7) is 0. The van der Waals surface area contributed by atoms with E-state index in [1.807, 2.05) is 18.2 Å². The fraction of sp³-hybridized carbons (Fsp3) is 0.600. The monoisotopic (exact) mass is 248 g/mol. The number of methoxy groups -OCH3 is 1. The van der Waals surface area contributed by atoms with Crippen molar-refractivity contribution in [2.75, 3.05) is 7.11 Å². The van der Waals surface area contributed by atoms with Gasteiger partial charge in [0, 0.05) is 0 Å². The van der Waals surface area contributed by atoms with Crippen LogP contribution >= 0.6 is 0 Å². The average Bonchev–Trinajstić information content (AvgIpc) is 2.44. The smallest absolute Gasteiger partial charge is 0.119 e.